The van der Waals surface area contributed by atoms with Gasteiger partial charge in [-0.3, -0.25) is 4.79 Å². The number of carboxylic acid groups (broad SMARTS) is 1. The summed E-state index contributed by atoms with van der Waals surface area (Å²) < 4.78 is 0. The number of carbonyl (C=O) groups excluding carboxylic acids is 2. The molecular weight excluding hydrogens is 305 g/mol. The third-order valence-corrected chi connectivity index (χ3v) is 3.49. The number of aliphatic carboxylic acids is 1. The van der Waals surface area contributed by atoms with Crippen molar-refractivity contribution in [3.63, 3.8) is 0 Å². The molecule has 0 aliphatic carbocycles. The van der Waals surface area contributed by atoms with Crippen LogP contribution in [0.15, 0.2) is 42.5 Å². The summed E-state index contributed by atoms with van der Waals surface area (Å²) in [7, 11) is 0. The maximum atomic E-state index is 12.4. The molecule has 0 bridgehead atoms. The van der Waals surface area contributed by atoms with E-state index in [4.69, 9.17) is 0 Å². The molecule has 1 unspecified atom stereocenters. The van der Waals surface area contributed by atoms with E-state index in [0.29, 0.717) is 18.5 Å². The zero-order valence-electron chi connectivity index (χ0n) is 13.2. The van der Waals surface area contributed by atoms with E-state index in [9.17, 15) is 14.7 Å². The summed E-state index contributed by atoms with van der Waals surface area (Å²) in [6.45, 7) is 3.37. The molecule has 0 aliphatic rings. The van der Waals surface area contributed by atoms with Gasteiger partial charge in [0.2, 0.25) is 5.91 Å². The molecule has 0 aliphatic heterocycles. The first-order valence-corrected chi connectivity index (χ1v) is 7.07. The molecular formula is C17H18KNO3. The number of amides is 1. The van der Waals surface area contributed by atoms with Crippen LogP contribution in [0.2, 0.25) is 0 Å². The van der Waals surface area contributed by atoms with Gasteiger partial charge in [-0.2, -0.15) is 0 Å². The van der Waals surface area contributed by atoms with Crippen LogP contribution in [0, 0.1) is 0 Å². The van der Waals surface area contributed by atoms with Crippen molar-refractivity contribution in [1.29, 1.82) is 0 Å². The van der Waals surface area contributed by atoms with Gasteiger partial charge in [0.1, 0.15) is 0 Å². The van der Waals surface area contributed by atoms with Gasteiger partial charge in [-0.05, 0) is 24.8 Å². The molecule has 0 heterocycles. The van der Waals surface area contributed by atoms with Crippen LogP contribution in [0.4, 0.5) is 5.69 Å². The number of hydrogen-bond acceptors (Lipinski definition) is 3. The van der Waals surface area contributed by atoms with Crippen molar-refractivity contribution in [3.8, 4) is 0 Å². The van der Waals surface area contributed by atoms with Crippen molar-refractivity contribution < 1.29 is 66.1 Å². The Balaban J connectivity index is 0.00000242. The van der Waals surface area contributed by atoms with Crippen LogP contribution in [0.3, 0.4) is 0 Å². The van der Waals surface area contributed by atoms with Gasteiger partial charge in [-0.25, -0.2) is 0 Å². The Kier molecular flexibility index (Phi) is 7.72. The van der Waals surface area contributed by atoms with Crippen LogP contribution in [-0.4, -0.2) is 17.9 Å². The molecule has 2 aromatic rings. The largest absolute Gasteiger partial charge is 1.00 e. The van der Waals surface area contributed by atoms with Gasteiger partial charge in [0.15, 0.2) is 0 Å². The molecule has 0 aromatic heterocycles. The first kappa shape index (κ1) is 19.3. The topological polar surface area (TPSA) is 60.4 Å². The SMILES string of the molecule is CCCC(=O)N(c1cccc2ccccc12)C(C)C(=O)[O-].[K+]. The van der Waals surface area contributed by atoms with E-state index in [0.717, 1.165) is 10.8 Å². The van der Waals surface area contributed by atoms with E-state index in [1.165, 1.54) is 11.8 Å². The van der Waals surface area contributed by atoms with Crippen molar-refractivity contribution in [1.82, 2.24) is 0 Å². The number of fused-ring (bicyclic) bond motifs is 1. The van der Waals surface area contributed by atoms with Gasteiger partial charge in [0.25, 0.3) is 0 Å². The van der Waals surface area contributed by atoms with Gasteiger partial charge < -0.3 is 14.8 Å². The van der Waals surface area contributed by atoms with Gasteiger partial charge in [0, 0.05) is 11.8 Å². The van der Waals surface area contributed by atoms with Crippen LogP contribution < -0.4 is 61.4 Å². The van der Waals surface area contributed by atoms with E-state index in [1.807, 2.05) is 43.3 Å². The van der Waals surface area contributed by atoms with Crippen LogP contribution >= 0.6 is 0 Å². The van der Waals surface area contributed by atoms with Crippen molar-refractivity contribution in [2.75, 3.05) is 4.90 Å². The predicted octanol–water partition coefficient (Wildman–Crippen LogP) is -0.885. The van der Waals surface area contributed by atoms with E-state index in [-0.39, 0.29) is 57.3 Å². The molecule has 0 fully saturated rings. The zero-order chi connectivity index (χ0) is 15.4. The fourth-order valence-electron chi connectivity index (χ4n) is 2.42. The summed E-state index contributed by atoms with van der Waals surface area (Å²) in [6.07, 6.45) is 0.973. The number of hydrogen-bond donors (Lipinski definition) is 0. The van der Waals surface area contributed by atoms with Crippen molar-refractivity contribution >= 4 is 28.3 Å². The molecule has 4 nitrogen and oxygen atoms in total. The number of carboxylic acids is 1. The molecule has 1 amide bonds. The summed E-state index contributed by atoms with van der Waals surface area (Å²) in [5.41, 5.74) is 0.614. The molecule has 0 saturated heterocycles. The Hall–Kier alpha value is -0.724. The predicted molar refractivity (Wildman–Crippen MR) is 80.8 cm³/mol. The molecule has 110 valence electrons. The quantitative estimate of drug-likeness (QED) is 0.671. The van der Waals surface area contributed by atoms with Crippen molar-refractivity contribution in [2.24, 2.45) is 0 Å². The molecule has 0 N–H and O–H groups in total. The minimum atomic E-state index is -1.26. The molecule has 5 heteroatoms. The van der Waals surface area contributed by atoms with Crippen LogP contribution in [-0.2, 0) is 9.59 Å². The van der Waals surface area contributed by atoms with E-state index in [2.05, 4.69) is 0 Å². The van der Waals surface area contributed by atoms with Crippen LogP contribution in [0.25, 0.3) is 10.8 Å². The van der Waals surface area contributed by atoms with Crippen LogP contribution in [0.1, 0.15) is 26.7 Å². The first-order chi connectivity index (χ1) is 10.1. The molecule has 0 saturated carbocycles. The van der Waals surface area contributed by atoms with E-state index in [1.54, 1.807) is 6.07 Å². The monoisotopic (exact) mass is 323 g/mol. The first-order valence-electron chi connectivity index (χ1n) is 7.07. The Morgan fingerprint density at radius 1 is 1.14 bits per heavy atom. The molecule has 22 heavy (non-hydrogen) atoms. The maximum absolute atomic E-state index is 12.4. The average molecular weight is 323 g/mol. The number of anilines is 1. The fraction of sp³-hybridized carbons (Fsp3) is 0.294. The Morgan fingerprint density at radius 3 is 2.41 bits per heavy atom. The second kappa shape index (κ2) is 8.79. The third kappa shape index (κ3) is 4.17. The summed E-state index contributed by atoms with van der Waals surface area (Å²) >= 11 is 0. The summed E-state index contributed by atoms with van der Waals surface area (Å²) in [6, 6.07) is 12.1. The molecule has 2 aromatic carbocycles. The minimum absolute atomic E-state index is 0. The number of rotatable bonds is 5. The standard InChI is InChI=1S/C17H19NO3.K/c1-3-7-16(19)18(12(2)17(20)21)15-11-6-9-13-8-4-5-10-14(13)15;/h4-6,8-12H,3,7H2,1-2H3,(H,20,21);/q;+1/p-1. The van der Waals surface area contributed by atoms with Crippen LogP contribution in [0.5, 0.6) is 0 Å². The Bertz CT molecular complexity index is 667. The van der Waals surface area contributed by atoms with Gasteiger partial charge in [-0.1, -0.05) is 43.3 Å². The molecule has 1 atom stereocenters. The third-order valence-electron chi connectivity index (χ3n) is 3.49. The summed E-state index contributed by atoms with van der Waals surface area (Å²) in [4.78, 5) is 25.0. The number of benzene rings is 2. The van der Waals surface area contributed by atoms with E-state index < -0.39 is 12.0 Å². The average Bonchev–Trinajstić information content (AvgIpc) is 2.48. The fourth-order valence-corrected chi connectivity index (χ4v) is 2.42. The minimum Gasteiger partial charge on any atom is -0.548 e. The second-order valence-electron chi connectivity index (χ2n) is 5.01. The maximum Gasteiger partial charge on any atom is 1.00 e. The summed E-state index contributed by atoms with van der Waals surface area (Å²) in [5.74, 6) is -1.46. The molecule has 0 radical (unpaired) electrons. The van der Waals surface area contributed by atoms with Gasteiger partial charge >= 0.3 is 51.4 Å². The second-order valence-corrected chi connectivity index (χ2v) is 5.01. The smallest absolute Gasteiger partial charge is 0.548 e. The zero-order valence-corrected chi connectivity index (χ0v) is 16.3. The van der Waals surface area contributed by atoms with Crippen molar-refractivity contribution in [2.45, 2.75) is 32.7 Å². The van der Waals surface area contributed by atoms with Gasteiger partial charge in [0.05, 0.1) is 17.7 Å². The van der Waals surface area contributed by atoms with E-state index >= 15 is 0 Å². The Morgan fingerprint density at radius 2 is 1.77 bits per heavy atom. The molecule has 0 spiro atoms. The Labute approximate surface area is 172 Å². The summed E-state index contributed by atoms with van der Waals surface area (Å²) in [5, 5.41) is 13.1. The normalized spacial score (nSPS) is 11.5. The number of nitrogens with zero attached hydrogens (tertiary/aromatic N) is 1. The van der Waals surface area contributed by atoms with Crippen molar-refractivity contribution in [3.05, 3.63) is 42.5 Å². The molecule has 2 rings (SSSR count). The van der Waals surface area contributed by atoms with Gasteiger partial charge in [-0.15, -0.1) is 0 Å². The number of carbonyl (C=O) groups is 2.